The molecule has 1 fully saturated rings. The van der Waals surface area contributed by atoms with Crippen LogP contribution in [0.2, 0.25) is 0 Å². The standard InChI is InChI=1S/C23H27N5S/c1-24-23(27-20-10-13-28(14-11-20)22-9-5-15-29-22)26-17-18-6-4-7-19(16-18)21-8-2-3-12-25-21/h2-9,12,15-16,20H,10-11,13-14,17H2,1H3,(H2,24,26,27). The SMILES string of the molecule is CN=C(NCc1cccc(-c2ccccn2)c1)NC1CCN(c2cccs2)CC1. The number of anilines is 1. The lowest BCUT2D eigenvalue weighted by atomic mass is 10.1. The van der Waals surface area contributed by atoms with Crippen molar-refractivity contribution >= 4 is 22.3 Å². The number of aliphatic imine (C=N–C) groups is 1. The maximum absolute atomic E-state index is 4.44. The number of guanidine groups is 1. The van der Waals surface area contributed by atoms with Gasteiger partial charge in [-0.25, -0.2) is 0 Å². The van der Waals surface area contributed by atoms with Crippen LogP contribution in [0.25, 0.3) is 11.3 Å². The van der Waals surface area contributed by atoms with Crippen LogP contribution < -0.4 is 15.5 Å². The summed E-state index contributed by atoms with van der Waals surface area (Å²) < 4.78 is 0. The van der Waals surface area contributed by atoms with Gasteiger partial charge in [-0.15, -0.1) is 11.3 Å². The second kappa shape index (κ2) is 9.56. The van der Waals surface area contributed by atoms with Crippen LogP contribution in [0.1, 0.15) is 18.4 Å². The van der Waals surface area contributed by atoms with Gasteiger partial charge in [0.1, 0.15) is 0 Å². The number of aromatic nitrogens is 1. The molecule has 0 atom stereocenters. The largest absolute Gasteiger partial charge is 0.363 e. The summed E-state index contributed by atoms with van der Waals surface area (Å²) in [6, 6.07) is 19.3. The summed E-state index contributed by atoms with van der Waals surface area (Å²) in [4.78, 5) is 11.3. The Morgan fingerprint density at radius 2 is 2.03 bits per heavy atom. The van der Waals surface area contributed by atoms with Gasteiger partial charge in [0.2, 0.25) is 0 Å². The van der Waals surface area contributed by atoms with Crippen LogP contribution in [-0.2, 0) is 6.54 Å². The first-order valence-corrected chi connectivity index (χ1v) is 11.0. The van der Waals surface area contributed by atoms with Crippen molar-refractivity contribution in [1.29, 1.82) is 0 Å². The fourth-order valence-corrected chi connectivity index (χ4v) is 4.43. The molecule has 1 aliphatic heterocycles. The van der Waals surface area contributed by atoms with Crippen molar-refractivity contribution in [3.63, 3.8) is 0 Å². The molecule has 0 unspecified atom stereocenters. The summed E-state index contributed by atoms with van der Waals surface area (Å²) in [7, 11) is 1.83. The number of pyridine rings is 1. The third-order valence-corrected chi connectivity index (χ3v) is 6.15. The molecule has 1 saturated heterocycles. The Hall–Kier alpha value is -2.86. The Morgan fingerprint density at radius 1 is 1.14 bits per heavy atom. The molecule has 1 aromatic carbocycles. The van der Waals surface area contributed by atoms with Gasteiger partial charge < -0.3 is 15.5 Å². The van der Waals surface area contributed by atoms with Gasteiger partial charge in [-0.2, -0.15) is 0 Å². The van der Waals surface area contributed by atoms with Crippen molar-refractivity contribution in [3.8, 4) is 11.3 Å². The Kier molecular flexibility index (Phi) is 6.42. The van der Waals surface area contributed by atoms with Crippen LogP contribution in [0.5, 0.6) is 0 Å². The molecule has 2 aromatic heterocycles. The van der Waals surface area contributed by atoms with Gasteiger partial charge in [0.05, 0.1) is 10.7 Å². The van der Waals surface area contributed by atoms with Crippen LogP contribution in [0.3, 0.4) is 0 Å². The number of piperidine rings is 1. The number of hydrogen-bond acceptors (Lipinski definition) is 4. The summed E-state index contributed by atoms with van der Waals surface area (Å²) in [5.41, 5.74) is 3.34. The Labute approximate surface area is 176 Å². The number of nitrogens with one attached hydrogen (secondary N) is 2. The van der Waals surface area contributed by atoms with Crippen LogP contribution in [0.4, 0.5) is 5.00 Å². The van der Waals surface area contributed by atoms with Crippen LogP contribution in [0.15, 0.2) is 71.2 Å². The van der Waals surface area contributed by atoms with Gasteiger partial charge in [-0.05, 0) is 54.1 Å². The molecule has 150 valence electrons. The van der Waals surface area contributed by atoms with E-state index >= 15 is 0 Å². The molecular formula is C23H27N5S. The topological polar surface area (TPSA) is 52.6 Å². The third kappa shape index (κ3) is 5.15. The van der Waals surface area contributed by atoms with Gasteiger partial charge in [0.25, 0.3) is 0 Å². The van der Waals surface area contributed by atoms with Crippen molar-refractivity contribution in [2.45, 2.75) is 25.4 Å². The second-order valence-electron chi connectivity index (χ2n) is 7.20. The fraction of sp³-hybridized carbons (Fsp3) is 0.304. The van der Waals surface area contributed by atoms with E-state index in [4.69, 9.17) is 0 Å². The monoisotopic (exact) mass is 405 g/mol. The highest BCUT2D eigenvalue weighted by atomic mass is 32.1. The van der Waals surface area contributed by atoms with Crippen molar-refractivity contribution in [2.24, 2.45) is 4.99 Å². The molecule has 3 heterocycles. The van der Waals surface area contributed by atoms with E-state index in [1.54, 1.807) is 0 Å². The van der Waals surface area contributed by atoms with Gasteiger partial charge in [0.15, 0.2) is 5.96 Å². The van der Waals surface area contributed by atoms with E-state index < -0.39 is 0 Å². The summed E-state index contributed by atoms with van der Waals surface area (Å²) in [5, 5.41) is 10.6. The van der Waals surface area contributed by atoms with Gasteiger partial charge >= 0.3 is 0 Å². The third-order valence-electron chi connectivity index (χ3n) is 5.22. The lowest BCUT2D eigenvalue weighted by Crippen LogP contribution is -2.48. The molecule has 6 heteroatoms. The van der Waals surface area contributed by atoms with Crippen molar-refractivity contribution in [2.75, 3.05) is 25.0 Å². The fourth-order valence-electron chi connectivity index (χ4n) is 3.64. The van der Waals surface area contributed by atoms with Crippen molar-refractivity contribution < 1.29 is 0 Å². The summed E-state index contributed by atoms with van der Waals surface area (Å²) in [6.07, 6.45) is 4.07. The minimum atomic E-state index is 0.456. The normalized spacial score (nSPS) is 15.3. The van der Waals surface area contributed by atoms with Crippen LogP contribution >= 0.6 is 11.3 Å². The first-order valence-electron chi connectivity index (χ1n) is 10.1. The molecule has 2 N–H and O–H groups in total. The molecule has 0 bridgehead atoms. The average molecular weight is 406 g/mol. The molecule has 5 nitrogen and oxygen atoms in total. The molecule has 0 radical (unpaired) electrons. The number of hydrogen-bond donors (Lipinski definition) is 2. The van der Waals surface area contributed by atoms with E-state index in [1.807, 2.05) is 42.8 Å². The quantitative estimate of drug-likeness (QED) is 0.495. The van der Waals surface area contributed by atoms with Gasteiger partial charge in [-0.1, -0.05) is 24.3 Å². The van der Waals surface area contributed by atoms with Crippen LogP contribution in [0, 0.1) is 0 Å². The number of nitrogens with zero attached hydrogens (tertiary/aromatic N) is 3. The number of thiophene rings is 1. The minimum absolute atomic E-state index is 0.456. The lowest BCUT2D eigenvalue weighted by Gasteiger charge is -2.33. The number of benzene rings is 1. The molecule has 0 amide bonds. The van der Waals surface area contributed by atoms with E-state index in [-0.39, 0.29) is 0 Å². The first-order chi connectivity index (χ1) is 14.3. The molecule has 3 aromatic rings. The molecule has 4 rings (SSSR count). The molecule has 0 spiro atoms. The Morgan fingerprint density at radius 3 is 2.76 bits per heavy atom. The maximum Gasteiger partial charge on any atom is 0.191 e. The molecule has 0 saturated carbocycles. The zero-order valence-electron chi connectivity index (χ0n) is 16.7. The highest BCUT2D eigenvalue weighted by Gasteiger charge is 2.20. The van der Waals surface area contributed by atoms with E-state index in [2.05, 4.69) is 67.3 Å². The highest BCUT2D eigenvalue weighted by Crippen LogP contribution is 2.24. The molecule has 0 aliphatic carbocycles. The number of rotatable bonds is 5. The van der Waals surface area contributed by atoms with Crippen LogP contribution in [-0.4, -0.2) is 37.1 Å². The summed E-state index contributed by atoms with van der Waals surface area (Å²) in [5.74, 6) is 0.864. The van der Waals surface area contributed by atoms with Crippen molar-refractivity contribution in [1.82, 2.24) is 15.6 Å². The molecule has 1 aliphatic rings. The predicted octanol–water partition coefficient (Wildman–Crippen LogP) is 4.14. The minimum Gasteiger partial charge on any atom is -0.363 e. The van der Waals surface area contributed by atoms with Gasteiger partial charge in [0, 0.05) is 44.5 Å². The Balaban J connectivity index is 1.29. The maximum atomic E-state index is 4.44. The zero-order chi connectivity index (χ0) is 19.9. The predicted molar refractivity (Wildman–Crippen MR) is 123 cm³/mol. The second-order valence-corrected chi connectivity index (χ2v) is 8.12. The van der Waals surface area contributed by atoms with E-state index in [0.29, 0.717) is 6.04 Å². The first kappa shape index (κ1) is 19.5. The molecular weight excluding hydrogens is 378 g/mol. The van der Waals surface area contributed by atoms with E-state index in [0.717, 1.165) is 49.7 Å². The lowest BCUT2D eigenvalue weighted by molar-refractivity contribution is 0.463. The summed E-state index contributed by atoms with van der Waals surface area (Å²) in [6.45, 7) is 2.90. The highest BCUT2D eigenvalue weighted by molar-refractivity contribution is 7.14. The zero-order valence-corrected chi connectivity index (χ0v) is 17.5. The Bertz CT molecular complexity index is 915. The summed E-state index contributed by atoms with van der Waals surface area (Å²) >= 11 is 1.82. The molecule has 29 heavy (non-hydrogen) atoms. The van der Waals surface area contributed by atoms with E-state index in [1.165, 1.54) is 10.6 Å². The smallest absolute Gasteiger partial charge is 0.191 e. The average Bonchev–Trinajstić information content (AvgIpc) is 3.33. The van der Waals surface area contributed by atoms with Gasteiger partial charge in [-0.3, -0.25) is 9.98 Å². The van der Waals surface area contributed by atoms with E-state index in [9.17, 15) is 0 Å². The van der Waals surface area contributed by atoms with Crippen molar-refractivity contribution in [3.05, 3.63) is 71.7 Å².